The van der Waals surface area contributed by atoms with Crippen LogP contribution in [-0.4, -0.2) is 35.9 Å². The average Bonchev–Trinajstić information content (AvgIpc) is 3.19. The van der Waals surface area contributed by atoms with E-state index in [0.29, 0.717) is 0 Å². The van der Waals surface area contributed by atoms with Crippen molar-refractivity contribution in [2.24, 2.45) is 0 Å². The van der Waals surface area contributed by atoms with Crippen molar-refractivity contribution in [3.05, 3.63) is 71.6 Å². The van der Waals surface area contributed by atoms with Gasteiger partial charge in [-0.25, -0.2) is 4.98 Å². The summed E-state index contributed by atoms with van der Waals surface area (Å²) in [7, 11) is 0. The quantitative estimate of drug-likeness (QED) is 0.768. The predicted octanol–water partition coefficient (Wildman–Crippen LogP) is 2.59. The number of hydrogen-bond acceptors (Lipinski definition) is 4. The van der Waals surface area contributed by atoms with Crippen molar-refractivity contribution >= 4 is 0 Å². The third kappa shape index (κ3) is 3.71. The van der Waals surface area contributed by atoms with Gasteiger partial charge in [0, 0.05) is 38.6 Å². The molecule has 26 heavy (non-hydrogen) atoms. The molecular weight excluding hydrogens is 326 g/mol. The Balaban J connectivity index is 1.48. The molecule has 1 aliphatic rings. The molecule has 1 aliphatic heterocycles. The van der Waals surface area contributed by atoms with Crippen LogP contribution >= 0.6 is 0 Å². The standard InChI is InChI=1S/C20H25N5O/c1-16(26)19-12-18-14-23(9-5-10-25(18)22-19)15-20-21-8-11-24(20)13-17-6-3-2-4-7-17/h2-4,6-8,11-12,16,26H,5,9-10,13-15H2,1H3. The van der Waals surface area contributed by atoms with E-state index in [2.05, 4.69) is 50.0 Å². The molecule has 1 aromatic carbocycles. The number of rotatable bonds is 5. The van der Waals surface area contributed by atoms with Gasteiger partial charge < -0.3 is 9.67 Å². The summed E-state index contributed by atoms with van der Waals surface area (Å²) in [6.45, 7) is 6.17. The fourth-order valence-electron chi connectivity index (χ4n) is 3.51. The van der Waals surface area contributed by atoms with E-state index in [1.54, 1.807) is 6.92 Å². The number of imidazole rings is 1. The van der Waals surface area contributed by atoms with Crippen LogP contribution in [0.1, 0.15) is 42.2 Å². The molecule has 3 heterocycles. The maximum atomic E-state index is 9.79. The van der Waals surface area contributed by atoms with E-state index in [4.69, 9.17) is 0 Å². The Bertz CT molecular complexity index is 852. The predicted molar refractivity (Wildman–Crippen MR) is 99.4 cm³/mol. The number of aliphatic hydroxyl groups excluding tert-OH is 1. The van der Waals surface area contributed by atoms with Gasteiger partial charge in [0.25, 0.3) is 0 Å². The van der Waals surface area contributed by atoms with Crippen LogP contribution in [0.15, 0.2) is 48.8 Å². The van der Waals surface area contributed by atoms with Gasteiger partial charge in [0.2, 0.25) is 0 Å². The molecule has 6 nitrogen and oxygen atoms in total. The molecule has 1 atom stereocenters. The highest BCUT2D eigenvalue weighted by atomic mass is 16.3. The zero-order valence-electron chi connectivity index (χ0n) is 15.1. The van der Waals surface area contributed by atoms with Crippen molar-refractivity contribution < 1.29 is 5.11 Å². The Kier molecular flexibility index (Phi) is 4.86. The molecule has 0 spiro atoms. The summed E-state index contributed by atoms with van der Waals surface area (Å²) in [5.41, 5.74) is 3.20. The maximum Gasteiger partial charge on any atom is 0.123 e. The second kappa shape index (κ2) is 7.43. The smallest absolute Gasteiger partial charge is 0.123 e. The molecule has 0 bridgehead atoms. The fourth-order valence-corrected chi connectivity index (χ4v) is 3.51. The second-order valence-corrected chi connectivity index (χ2v) is 6.98. The monoisotopic (exact) mass is 351 g/mol. The lowest BCUT2D eigenvalue weighted by Gasteiger charge is -2.20. The number of hydrogen-bond donors (Lipinski definition) is 1. The summed E-state index contributed by atoms with van der Waals surface area (Å²) in [5.74, 6) is 1.08. The lowest BCUT2D eigenvalue weighted by atomic mass is 10.2. The van der Waals surface area contributed by atoms with Crippen molar-refractivity contribution in [2.75, 3.05) is 6.54 Å². The van der Waals surface area contributed by atoms with Gasteiger partial charge in [-0.2, -0.15) is 5.10 Å². The van der Waals surface area contributed by atoms with E-state index in [0.717, 1.165) is 50.7 Å². The summed E-state index contributed by atoms with van der Waals surface area (Å²) in [6, 6.07) is 12.5. The van der Waals surface area contributed by atoms with Crippen LogP contribution in [0.25, 0.3) is 0 Å². The first-order valence-electron chi connectivity index (χ1n) is 9.20. The van der Waals surface area contributed by atoms with Crippen molar-refractivity contribution in [1.82, 2.24) is 24.2 Å². The zero-order valence-corrected chi connectivity index (χ0v) is 15.1. The van der Waals surface area contributed by atoms with Crippen molar-refractivity contribution in [3.63, 3.8) is 0 Å². The van der Waals surface area contributed by atoms with Crippen LogP contribution in [0.5, 0.6) is 0 Å². The van der Waals surface area contributed by atoms with Gasteiger partial charge in [-0.15, -0.1) is 0 Å². The normalized spacial score (nSPS) is 16.2. The molecule has 0 fully saturated rings. The minimum atomic E-state index is -0.521. The molecule has 0 aliphatic carbocycles. The van der Waals surface area contributed by atoms with Crippen LogP contribution in [0.4, 0.5) is 0 Å². The number of benzene rings is 1. The third-order valence-electron chi connectivity index (χ3n) is 4.90. The van der Waals surface area contributed by atoms with Crippen LogP contribution in [0.3, 0.4) is 0 Å². The van der Waals surface area contributed by atoms with Crippen molar-refractivity contribution in [2.45, 2.75) is 45.6 Å². The fraction of sp³-hybridized carbons (Fsp3) is 0.400. The largest absolute Gasteiger partial charge is 0.387 e. The molecule has 4 rings (SSSR count). The molecule has 1 unspecified atom stereocenters. The Morgan fingerprint density at radius 3 is 2.81 bits per heavy atom. The summed E-state index contributed by atoms with van der Waals surface area (Å²) < 4.78 is 4.26. The number of aromatic nitrogens is 4. The van der Waals surface area contributed by atoms with E-state index < -0.39 is 6.10 Å². The number of nitrogens with zero attached hydrogens (tertiary/aromatic N) is 5. The summed E-state index contributed by atoms with van der Waals surface area (Å²) in [4.78, 5) is 7.00. The number of aryl methyl sites for hydroxylation is 1. The highest BCUT2D eigenvalue weighted by molar-refractivity contribution is 5.16. The van der Waals surface area contributed by atoms with Crippen molar-refractivity contribution in [1.29, 1.82) is 0 Å². The Morgan fingerprint density at radius 1 is 1.15 bits per heavy atom. The highest BCUT2D eigenvalue weighted by Gasteiger charge is 2.19. The van der Waals surface area contributed by atoms with E-state index in [-0.39, 0.29) is 0 Å². The molecule has 136 valence electrons. The molecule has 3 aromatic rings. The zero-order chi connectivity index (χ0) is 17.9. The Morgan fingerprint density at radius 2 is 2.00 bits per heavy atom. The van der Waals surface area contributed by atoms with Crippen LogP contribution in [0, 0.1) is 0 Å². The van der Waals surface area contributed by atoms with Gasteiger partial charge >= 0.3 is 0 Å². The van der Waals surface area contributed by atoms with Crippen LogP contribution < -0.4 is 0 Å². The van der Waals surface area contributed by atoms with E-state index in [9.17, 15) is 5.11 Å². The first-order valence-corrected chi connectivity index (χ1v) is 9.20. The lowest BCUT2D eigenvalue weighted by molar-refractivity contribution is 0.193. The van der Waals surface area contributed by atoms with Gasteiger partial charge in [-0.05, 0) is 25.0 Å². The van der Waals surface area contributed by atoms with Crippen LogP contribution in [-0.2, 0) is 26.2 Å². The summed E-state index contributed by atoms with van der Waals surface area (Å²) in [5, 5.41) is 14.3. The van der Waals surface area contributed by atoms with Crippen molar-refractivity contribution in [3.8, 4) is 0 Å². The van der Waals surface area contributed by atoms with Gasteiger partial charge in [0.15, 0.2) is 0 Å². The van der Waals surface area contributed by atoms with Gasteiger partial charge in [0.05, 0.1) is 24.0 Å². The summed E-state index contributed by atoms with van der Waals surface area (Å²) >= 11 is 0. The minimum absolute atomic E-state index is 0.521. The van der Waals surface area contributed by atoms with Gasteiger partial charge in [0.1, 0.15) is 5.82 Å². The maximum absolute atomic E-state index is 9.79. The molecule has 0 saturated carbocycles. The Labute approximate surface area is 153 Å². The molecule has 2 aromatic heterocycles. The average molecular weight is 351 g/mol. The Hall–Kier alpha value is -2.44. The lowest BCUT2D eigenvalue weighted by Crippen LogP contribution is -2.25. The minimum Gasteiger partial charge on any atom is -0.387 e. The molecule has 6 heteroatoms. The first kappa shape index (κ1) is 17.0. The number of aliphatic hydroxyl groups is 1. The summed E-state index contributed by atoms with van der Waals surface area (Å²) in [6.07, 6.45) is 4.46. The molecule has 0 amide bonds. The second-order valence-electron chi connectivity index (χ2n) is 6.98. The molecular formula is C20H25N5O. The SMILES string of the molecule is CC(O)c1cc2n(n1)CCCN(Cc1nccn1Cc1ccccc1)C2. The molecule has 0 saturated heterocycles. The first-order chi connectivity index (χ1) is 12.7. The van der Waals surface area contributed by atoms with E-state index in [1.165, 1.54) is 11.3 Å². The topological polar surface area (TPSA) is 59.1 Å². The van der Waals surface area contributed by atoms with Gasteiger partial charge in [-0.3, -0.25) is 9.58 Å². The van der Waals surface area contributed by atoms with Gasteiger partial charge in [-0.1, -0.05) is 30.3 Å². The molecule has 0 radical (unpaired) electrons. The van der Waals surface area contributed by atoms with Crippen LogP contribution in [0.2, 0.25) is 0 Å². The highest BCUT2D eigenvalue weighted by Crippen LogP contribution is 2.19. The van der Waals surface area contributed by atoms with E-state index in [1.807, 2.05) is 23.0 Å². The number of fused-ring (bicyclic) bond motifs is 1. The van der Waals surface area contributed by atoms with E-state index >= 15 is 0 Å². The third-order valence-corrected chi connectivity index (χ3v) is 4.90. The molecule has 1 N–H and O–H groups in total.